The van der Waals surface area contributed by atoms with Crippen LogP contribution in [0.4, 0.5) is 22.3 Å². The first kappa shape index (κ1) is 22.7. The highest BCUT2D eigenvalue weighted by Crippen LogP contribution is 2.42. The van der Waals surface area contributed by atoms with Gasteiger partial charge in [-0.05, 0) is 49.3 Å². The summed E-state index contributed by atoms with van der Waals surface area (Å²) in [5.74, 6) is -5.50. The second-order valence-corrected chi connectivity index (χ2v) is 7.24. The summed E-state index contributed by atoms with van der Waals surface area (Å²) in [5.41, 5.74) is -0.0223. The molecule has 150 valence electrons. The van der Waals surface area contributed by atoms with Crippen LogP contribution in [0, 0.1) is 23.5 Å². The van der Waals surface area contributed by atoms with E-state index < -0.39 is 35.6 Å². The molecule has 0 aliphatic heterocycles. The summed E-state index contributed by atoms with van der Waals surface area (Å²) in [6.45, 7) is 2.16. The highest BCUT2D eigenvalue weighted by molar-refractivity contribution is 5.32. The zero-order valence-electron chi connectivity index (χ0n) is 15.5. The molecule has 0 unspecified atom stereocenters. The summed E-state index contributed by atoms with van der Waals surface area (Å²) in [6.07, 6.45) is 6.68. The van der Waals surface area contributed by atoms with E-state index in [1.54, 1.807) is 0 Å². The number of hydrogen-bond donors (Lipinski definition) is 0. The van der Waals surface area contributed by atoms with E-state index in [2.05, 4.69) is 11.7 Å². The van der Waals surface area contributed by atoms with E-state index in [4.69, 9.17) is 0 Å². The number of rotatable bonds is 8. The van der Waals surface area contributed by atoms with Gasteiger partial charge in [0.1, 0.15) is 0 Å². The molecular weight excluding hydrogens is 351 g/mol. The van der Waals surface area contributed by atoms with Crippen molar-refractivity contribution in [2.75, 3.05) is 7.11 Å². The van der Waals surface area contributed by atoms with E-state index in [-0.39, 0.29) is 10.3 Å². The third-order valence-electron chi connectivity index (χ3n) is 5.36. The zero-order valence-corrected chi connectivity index (χ0v) is 15.5. The van der Waals surface area contributed by atoms with Gasteiger partial charge in [0.05, 0.1) is 7.11 Å². The number of alkyl halides is 2. The van der Waals surface area contributed by atoms with E-state index in [1.807, 2.05) is 0 Å². The van der Waals surface area contributed by atoms with Crippen molar-refractivity contribution >= 4 is 0 Å². The summed E-state index contributed by atoms with van der Waals surface area (Å²) in [7, 11) is 1.15. The molecule has 2 rings (SSSR count). The van der Waals surface area contributed by atoms with Gasteiger partial charge in [0.25, 0.3) is 5.92 Å². The van der Waals surface area contributed by atoms with Crippen molar-refractivity contribution in [3.05, 3.63) is 29.3 Å². The second kappa shape index (κ2) is 10.1. The average Bonchev–Trinajstić information content (AvgIpc) is 2.55. The van der Waals surface area contributed by atoms with Crippen LogP contribution in [-0.2, 0) is 6.42 Å². The summed E-state index contributed by atoms with van der Waals surface area (Å²) in [4.78, 5) is 0. The van der Waals surface area contributed by atoms with Gasteiger partial charge in [-0.15, -0.1) is 0 Å². The third-order valence-corrected chi connectivity index (χ3v) is 5.36. The van der Waals surface area contributed by atoms with Gasteiger partial charge < -0.3 is 4.74 Å². The van der Waals surface area contributed by atoms with Gasteiger partial charge in [-0.1, -0.05) is 32.6 Å². The number of ether oxygens (including phenoxy) is 1. The van der Waals surface area contributed by atoms with Crippen LogP contribution in [0.2, 0.25) is 0 Å². The van der Waals surface area contributed by atoms with E-state index in [0.717, 1.165) is 38.5 Å². The smallest absolute Gasteiger partial charge is 0.254 e. The Morgan fingerprint density at radius 1 is 1.04 bits per heavy atom. The summed E-state index contributed by atoms with van der Waals surface area (Å²) >= 11 is 0. The Bertz CT molecular complexity index is 530. The summed E-state index contributed by atoms with van der Waals surface area (Å²) in [6, 6.07) is 1.90. The van der Waals surface area contributed by atoms with Crippen LogP contribution >= 0.6 is 0 Å². The SMILES string of the molecule is CCCCCC1CCC(C(F)(F)Cc2cc(F)c(OC)c(F)c2)CC1.F. The van der Waals surface area contributed by atoms with Crippen LogP contribution < -0.4 is 4.74 Å². The van der Waals surface area contributed by atoms with Crippen LogP contribution in [-0.4, -0.2) is 13.0 Å². The molecule has 1 saturated carbocycles. The molecule has 0 N–H and O–H groups in total. The van der Waals surface area contributed by atoms with Crippen molar-refractivity contribution in [2.45, 2.75) is 70.6 Å². The molecule has 1 aromatic carbocycles. The Balaban J connectivity index is 0.00000338. The standard InChI is InChI=1S/C20H28F4O.FH/c1-3-4-5-6-14-7-9-16(10-8-14)20(23,24)13-15-11-17(21)19(25-2)18(22)12-15;/h11-12,14,16H,3-10,13H2,1-2H3;1H. The fourth-order valence-electron chi connectivity index (χ4n) is 3.88. The van der Waals surface area contributed by atoms with Crippen molar-refractivity contribution in [3.63, 3.8) is 0 Å². The van der Waals surface area contributed by atoms with Gasteiger partial charge in [-0.2, -0.15) is 0 Å². The highest BCUT2D eigenvalue weighted by Gasteiger charge is 2.41. The van der Waals surface area contributed by atoms with Gasteiger partial charge in [-0.3, -0.25) is 4.70 Å². The van der Waals surface area contributed by atoms with Crippen LogP contribution in [0.5, 0.6) is 5.75 Å². The summed E-state index contributed by atoms with van der Waals surface area (Å²) in [5, 5.41) is 0. The second-order valence-electron chi connectivity index (χ2n) is 7.24. The van der Waals surface area contributed by atoms with Gasteiger partial charge >= 0.3 is 0 Å². The van der Waals surface area contributed by atoms with E-state index in [9.17, 15) is 17.6 Å². The number of hydrogen-bond acceptors (Lipinski definition) is 1. The lowest BCUT2D eigenvalue weighted by molar-refractivity contribution is -0.0747. The van der Waals surface area contributed by atoms with Crippen molar-refractivity contribution in [2.24, 2.45) is 11.8 Å². The topological polar surface area (TPSA) is 9.23 Å². The quantitative estimate of drug-likeness (QED) is 0.361. The minimum atomic E-state index is -2.94. The minimum absolute atomic E-state index is 0. The molecule has 0 saturated heterocycles. The Morgan fingerprint density at radius 2 is 1.62 bits per heavy atom. The van der Waals surface area contributed by atoms with Gasteiger partial charge in [0.15, 0.2) is 17.4 Å². The summed E-state index contributed by atoms with van der Waals surface area (Å²) < 4.78 is 61.2. The van der Waals surface area contributed by atoms with Crippen LogP contribution in [0.3, 0.4) is 0 Å². The molecule has 1 nitrogen and oxygen atoms in total. The lowest BCUT2D eigenvalue weighted by atomic mass is 9.76. The molecule has 1 aliphatic carbocycles. The molecule has 6 heteroatoms. The van der Waals surface area contributed by atoms with Gasteiger partial charge in [-0.25, -0.2) is 17.6 Å². The molecule has 1 fully saturated rings. The van der Waals surface area contributed by atoms with E-state index in [0.29, 0.717) is 18.8 Å². The Kier molecular flexibility index (Phi) is 8.84. The molecule has 0 radical (unpaired) electrons. The van der Waals surface area contributed by atoms with E-state index in [1.165, 1.54) is 19.3 Å². The average molecular weight is 380 g/mol. The van der Waals surface area contributed by atoms with Crippen molar-refractivity contribution in [1.82, 2.24) is 0 Å². The van der Waals surface area contributed by atoms with Crippen LogP contribution in [0.25, 0.3) is 0 Å². The molecule has 0 heterocycles. The lowest BCUT2D eigenvalue weighted by Crippen LogP contribution is -2.34. The Labute approximate surface area is 152 Å². The van der Waals surface area contributed by atoms with Crippen LogP contribution in [0.15, 0.2) is 12.1 Å². The van der Waals surface area contributed by atoms with Crippen molar-refractivity contribution < 1.29 is 27.0 Å². The number of unbranched alkanes of at least 4 members (excludes halogenated alkanes) is 2. The lowest BCUT2D eigenvalue weighted by Gasteiger charge is -2.34. The number of benzene rings is 1. The zero-order chi connectivity index (χ0) is 18.4. The van der Waals surface area contributed by atoms with Gasteiger partial charge in [0.2, 0.25) is 0 Å². The normalized spacial score (nSPS) is 20.5. The molecular formula is C20H29F5O. The first-order chi connectivity index (χ1) is 11.9. The predicted octanol–water partition coefficient (Wildman–Crippen LogP) is 6.69. The predicted molar refractivity (Wildman–Crippen MR) is 93.7 cm³/mol. The molecule has 0 spiro atoms. The maximum absolute atomic E-state index is 14.6. The molecule has 1 aliphatic rings. The largest absolute Gasteiger partial charge is 0.491 e. The monoisotopic (exact) mass is 380 g/mol. The Hall–Kier alpha value is -1.33. The van der Waals surface area contributed by atoms with Crippen molar-refractivity contribution in [1.29, 1.82) is 0 Å². The Morgan fingerprint density at radius 3 is 2.12 bits per heavy atom. The fourth-order valence-corrected chi connectivity index (χ4v) is 3.88. The maximum atomic E-state index is 14.6. The molecule has 1 aromatic rings. The highest BCUT2D eigenvalue weighted by atomic mass is 19.3. The first-order valence-electron chi connectivity index (χ1n) is 9.27. The molecule has 0 bridgehead atoms. The van der Waals surface area contributed by atoms with E-state index >= 15 is 0 Å². The number of methoxy groups -OCH3 is 1. The fraction of sp³-hybridized carbons (Fsp3) is 0.700. The van der Waals surface area contributed by atoms with Crippen molar-refractivity contribution in [3.8, 4) is 5.75 Å². The molecule has 0 aromatic heterocycles. The molecule has 0 amide bonds. The number of halogens is 5. The molecule has 0 atom stereocenters. The molecule has 26 heavy (non-hydrogen) atoms. The third kappa shape index (κ3) is 5.85. The minimum Gasteiger partial charge on any atom is -0.491 e. The van der Waals surface area contributed by atoms with Gasteiger partial charge in [0, 0.05) is 12.3 Å². The maximum Gasteiger partial charge on any atom is 0.254 e. The first-order valence-corrected chi connectivity index (χ1v) is 9.27. The van der Waals surface area contributed by atoms with Crippen LogP contribution in [0.1, 0.15) is 63.9 Å².